The number of carbonyl (C=O) groups excluding carboxylic acids is 1. The van der Waals surface area contributed by atoms with Crippen molar-refractivity contribution in [3.05, 3.63) is 0 Å². The Balaban J connectivity index is 2.29. The highest BCUT2D eigenvalue weighted by atomic mass is 16.5. The Bertz CT molecular complexity index is 348. The number of hydrogen-bond donors (Lipinski definition) is 1. The second-order valence-corrected chi connectivity index (χ2v) is 6.01. The molecule has 0 saturated carbocycles. The molecule has 122 valence electrons. The molecular formula is C15H27NO5. The average molecular weight is 301 g/mol. The van der Waals surface area contributed by atoms with Gasteiger partial charge in [-0.2, -0.15) is 0 Å². The molecule has 21 heavy (non-hydrogen) atoms. The molecule has 0 radical (unpaired) electrons. The lowest BCUT2D eigenvalue weighted by Crippen LogP contribution is -2.43. The molecule has 0 bridgehead atoms. The van der Waals surface area contributed by atoms with E-state index in [1.165, 1.54) is 0 Å². The lowest BCUT2D eigenvalue weighted by molar-refractivity contribution is -0.152. The number of hydrogen-bond acceptors (Lipinski definition) is 4. The largest absolute Gasteiger partial charge is 0.481 e. The zero-order chi connectivity index (χ0) is 15.9. The Kier molecular flexibility index (Phi) is 7.11. The summed E-state index contributed by atoms with van der Waals surface area (Å²) in [6.45, 7) is 8.24. The van der Waals surface area contributed by atoms with Gasteiger partial charge < -0.3 is 19.5 Å². The van der Waals surface area contributed by atoms with Crippen LogP contribution in [0.2, 0.25) is 0 Å². The molecule has 6 heteroatoms. The van der Waals surface area contributed by atoms with Crippen LogP contribution in [0.15, 0.2) is 0 Å². The van der Waals surface area contributed by atoms with Crippen molar-refractivity contribution in [1.82, 2.24) is 4.90 Å². The molecule has 1 aliphatic rings. The van der Waals surface area contributed by atoms with Crippen molar-refractivity contribution >= 4 is 11.9 Å². The van der Waals surface area contributed by atoms with E-state index in [2.05, 4.69) is 0 Å². The van der Waals surface area contributed by atoms with Gasteiger partial charge in [-0.25, -0.2) is 0 Å². The number of amides is 1. The van der Waals surface area contributed by atoms with E-state index in [1.54, 1.807) is 18.7 Å². The van der Waals surface area contributed by atoms with Crippen LogP contribution in [0.1, 0.15) is 40.0 Å². The maximum atomic E-state index is 12.1. The number of piperidine rings is 1. The minimum absolute atomic E-state index is 0.0399. The first kappa shape index (κ1) is 17.9. The van der Waals surface area contributed by atoms with E-state index in [0.29, 0.717) is 32.9 Å². The van der Waals surface area contributed by atoms with Crippen LogP contribution in [0, 0.1) is 5.41 Å². The van der Waals surface area contributed by atoms with Crippen molar-refractivity contribution in [2.45, 2.75) is 46.1 Å². The molecule has 0 aromatic carbocycles. The van der Waals surface area contributed by atoms with Crippen LogP contribution in [-0.2, 0) is 19.1 Å². The summed E-state index contributed by atoms with van der Waals surface area (Å²) in [5.41, 5.74) is -1.01. The molecule has 1 heterocycles. The van der Waals surface area contributed by atoms with Crippen molar-refractivity contribution in [1.29, 1.82) is 0 Å². The smallest absolute Gasteiger partial charge is 0.309 e. The van der Waals surface area contributed by atoms with Crippen LogP contribution in [-0.4, -0.2) is 60.9 Å². The molecule has 1 aliphatic heterocycles. The minimum Gasteiger partial charge on any atom is -0.481 e. The topological polar surface area (TPSA) is 76.1 Å². The van der Waals surface area contributed by atoms with E-state index in [-0.39, 0.29) is 18.4 Å². The lowest BCUT2D eigenvalue weighted by Gasteiger charge is -2.33. The summed E-state index contributed by atoms with van der Waals surface area (Å²) < 4.78 is 10.9. The third-order valence-electron chi connectivity index (χ3n) is 3.75. The number of likely N-dealkylation sites (tertiary alicyclic amines) is 1. The van der Waals surface area contributed by atoms with Crippen LogP contribution in [0.25, 0.3) is 0 Å². The van der Waals surface area contributed by atoms with Gasteiger partial charge in [-0.1, -0.05) is 0 Å². The maximum absolute atomic E-state index is 12.1. The van der Waals surface area contributed by atoms with E-state index >= 15 is 0 Å². The van der Waals surface area contributed by atoms with E-state index in [4.69, 9.17) is 14.6 Å². The fraction of sp³-hybridized carbons (Fsp3) is 0.867. The van der Waals surface area contributed by atoms with Gasteiger partial charge in [0.25, 0.3) is 0 Å². The van der Waals surface area contributed by atoms with Crippen molar-refractivity contribution in [3.8, 4) is 0 Å². The van der Waals surface area contributed by atoms with E-state index in [1.807, 2.05) is 6.92 Å². The molecule has 6 nitrogen and oxygen atoms in total. The first-order valence-electron chi connectivity index (χ1n) is 7.57. The monoisotopic (exact) mass is 301 g/mol. The summed E-state index contributed by atoms with van der Waals surface area (Å²) in [7, 11) is 0. The third kappa shape index (κ3) is 6.01. The number of nitrogens with zero attached hydrogens (tertiary/aromatic N) is 1. The highest BCUT2D eigenvalue weighted by Crippen LogP contribution is 2.23. The lowest BCUT2D eigenvalue weighted by atomic mass is 9.88. The standard InChI is InChI=1S/C15H27NO5/c1-4-20-9-10-21-12-5-7-16(8-6-12)13(17)11-15(2,3)14(18)19/h12H,4-11H2,1-3H3,(H,18,19). The van der Waals surface area contributed by atoms with Crippen molar-refractivity contribution in [2.24, 2.45) is 5.41 Å². The molecule has 1 amide bonds. The minimum atomic E-state index is -1.01. The van der Waals surface area contributed by atoms with Crippen molar-refractivity contribution in [3.63, 3.8) is 0 Å². The zero-order valence-electron chi connectivity index (χ0n) is 13.3. The summed E-state index contributed by atoms with van der Waals surface area (Å²) in [6.07, 6.45) is 1.80. The van der Waals surface area contributed by atoms with Gasteiger partial charge in [0.2, 0.25) is 5.91 Å². The molecule has 1 fully saturated rings. The molecule has 0 spiro atoms. The predicted molar refractivity (Wildman–Crippen MR) is 78.1 cm³/mol. The van der Waals surface area contributed by atoms with Gasteiger partial charge in [0.15, 0.2) is 0 Å². The molecule has 0 atom stereocenters. The van der Waals surface area contributed by atoms with Gasteiger partial charge in [0.1, 0.15) is 0 Å². The van der Waals surface area contributed by atoms with Gasteiger partial charge in [0, 0.05) is 26.1 Å². The fourth-order valence-electron chi connectivity index (χ4n) is 2.26. The Labute approximate surface area is 126 Å². The number of carbonyl (C=O) groups is 2. The molecule has 0 aliphatic carbocycles. The molecule has 1 N–H and O–H groups in total. The SMILES string of the molecule is CCOCCOC1CCN(C(=O)CC(C)(C)C(=O)O)CC1. The Morgan fingerprint density at radius 3 is 2.38 bits per heavy atom. The van der Waals surface area contributed by atoms with Crippen molar-refractivity contribution < 1.29 is 24.2 Å². The maximum Gasteiger partial charge on any atom is 0.309 e. The first-order valence-corrected chi connectivity index (χ1v) is 7.57. The molecule has 1 saturated heterocycles. The highest BCUT2D eigenvalue weighted by Gasteiger charge is 2.33. The van der Waals surface area contributed by atoms with E-state index in [9.17, 15) is 9.59 Å². The summed E-state index contributed by atoms with van der Waals surface area (Å²) in [5, 5.41) is 9.07. The molecule has 0 unspecified atom stereocenters. The van der Waals surface area contributed by atoms with Gasteiger partial charge in [0.05, 0.1) is 24.7 Å². The predicted octanol–water partition coefficient (Wildman–Crippen LogP) is 1.53. The summed E-state index contributed by atoms with van der Waals surface area (Å²) in [6, 6.07) is 0. The van der Waals surface area contributed by atoms with Gasteiger partial charge in [-0.05, 0) is 33.6 Å². The van der Waals surface area contributed by atoms with Crippen LogP contribution in [0.4, 0.5) is 0 Å². The fourth-order valence-corrected chi connectivity index (χ4v) is 2.26. The van der Waals surface area contributed by atoms with E-state index < -0.39 is 11.4 Å². The molecule has 1 rings (SSSR count). The van der Waals surface area contributed by atoms with Crippen molar-refractivity contribution in [2.75, 3.05) is 32.9 Å². The van der Waals surface area contributed by atoms with Gasteiger partial charge in [-0.15, -0.1) is 0 Å². The Hall–Kier alpha value is -1.14. The molecule has 0 aromatic heterocycles. The van der Waals surface area contributed by atoms with Crippen LogP contribution in [0.3, 0.4) is 0 Å². The highest BCUT2D eigenvalue weighted by molar-refractivity contribution is 5.84. The van der Waals surface area contributed by atoms with Crippen LogP contribution < -0.4 is 0 Å². The van der Waals surface area contributed by atoms with Crippen LogP contribution in [0.5, 0.6) is 0 Å². The average Bonchev–Trinajstić information content (AvgIpc) is 2.43. The summed E-state index contributed by atoms with van der Waals surface area (Å²) in [5.74, 6) is -1.03. The zero-order valence-corrected chi connectivity index (χ0v) is 13.3. The summed E-state index contributed by atoms with van der Waals surface area (Å²) >= 11 is 0. The number of aliphatic carboxylic acids is 1. The number of carboxylic acids is 1. The molecule has 0 aromatic rings. The normalized spacial score (nSPS) is 17.0. The van der Waals surface area contributed by atoms with Gasteiger partial charge in [-0.3, -0.25) is 9.59 Å². The summed E-state index contributed by atoms with van der Waals surface area (Å²) in [4.78, 5) is 24.9. The second kappa shape index (κ2) is 8.34. The van der Waals surface area contributed by atoms with E-state index in [0.717, 1.165) is 12.8 Å². The first-order chi connectivity index (χ1) is 9.86. The molecular weight excluding hydrogens is 274 g/mol. The Morgan fingerprint density at radius 1 is 1.24 bits per heavy atom. The van der Waals surface area contributed by atoms with Gasteiger partial charge >= 0.3 is 5.97 Å². The number of carboxylic acid groups (broad SMARTS) is 1. The Morgan fingerprint density at radius 2 is 1.86 bits per heavy atom. The quantitative estimate of drug-likeness (QED) is 0.688. The van der Waals surface area contributed by atoms with Crippen LogP contribution >= 0.6 is 0 Å². The third-order valence-corrected chi connectivity index (χ3v) is 3.75. The number of ether oxygens (including phenoxy) is 2. The second-order valence-electron chi connectivity index (χ2n) is 6.01. The number of rotatable bonds is 8.